The van der Waals surface area contributed by atoms with Crippen molar-refractivity contribution in [2.75, 3.05) is 20.3 Å². The van der Waals surface area contributed by atoms with Crippen LogP contribution < -0.4 is 0 Å². The average molecular weight is 314 g/mol. The van der Waals surface area contributed by atoms with Crippen molar-refractivity contribution in [1.29, 1.82) is 0 Å². The second-order valence-electron chi connectivity index (χ2n) is 5.83. The number of nitrogens with zero attached hydrogens (tertiary/aromatic N) is 4. The van der Waals surface area contributed by atoms with E-state index < -0.39 is 5.60 Å². The van der Waals surface area contributed by atoms with Gasteiger partial charge in [-0.25, -0.2) is 4.98 Å². The molecule has 1 unspecified atom stereocenters. The van der Waals surface area contributed by atoms with Gasteiger partial charge in [-0.1, -0.05) is 0 Å². The SMILES string of the molecule is COC1(c2nnc(-c3ccc4c(c3)nc(C)n4C)o2)CCOC1. The van der Waals surface area contributed by atoms with E-state index in [-0.39, 0.29) is 0 Å². The summed E-state index contributed by atoms with van der Waals surface area (Å²) in [7, 11) is 3.64. The van der Waals surface area contributed by atoms with Crippen LogP contribution in [-0.4, -0.2) is 40.1 Å². The second kappa shape index (κ2) is 5.14. The predicted octanol–water partition coefficient (Wildman–Crippen LogP) is 2.19. The summed E-state index contributed by atoms with van der Waals surface area (Å²) < 4.78 is 18.9. The van der Waals surface area contributed by atoms with Gasteiger partial charge < -0.3 is 18.5 Å². The molecule has 0 spiro atoms. The number of benzene rings is 1. The molecule has 1 aliphatic rings. The predicted molar refractivity (Wildman–Crippen MR) is 82.9 cm³/mol. The maximum Gasteiger partial charge on any atom is 0.251 e. The molecule has 0 N–H and O–H groups in total. The van der Waals surface area contributed by atoms with Crippen LogP contribution in [0.3, 0.4) is 0 Å². The number of imidazole rings is 1. The minimum atomic E-state index is -0.628. The molecule has 1 aliphatic heterocycles. The zero-order valence-corrected chi connectivity index (χ0v) is 13.4. The largest absolute Gasteiger partial charge is 0.417 e. The van der Waals surface area contributed by atoms with Crippen LogP contribution in [0, 0.1) is 6.92 Å². The van der Waals surface area contributed by atoms with Crippen LogP contribution in [0.2, 0.25) is 0 Å². The van der Waals surface area contributed by atoms with Gasteiger partial charge in [0.05, 0.1) is 24.2 Å². The first-order valence-corrected chi connectivity index (χ1v) is 7.53. The van der Waals surface area contributed by atoms with Crippen LogP contribution in [0.25, 0.3) is 22.5 Å². The molecule has 1 atom stereocenters. The Labute approximate surface area is 133 Å². The lowest BCUT2D eigenvalue weighted by molar-refractivity contribution is -0.0407. The number of hydrogen-bond donors (Lipinski definition) is 0. The van der Waals surface area contributed by atoms with Crippen molar-refractivity contribution < 1.29 is 13.9 Å². The number of aromatic nitrogens is 4. The fourth-order valence-corrected chi connectivity index (χ4v) is 2.94. The Morgan fingerprint density at radius 3 is 2.91 bits per heavy atom. The van der Waals surface area contributed by atoms with Crippen molar-refractivity contribution in [3.63, 3.8) is 0 Å². The van der Waals surface area contributed by atoms with Crippen molar-refractivity contribution >= 4 is 11.0 Å². The highest BCUT2D eigenvalue weighted by Crippen LogP contribution is 2.34. The zero-order chi connectivity index (χ0) is 16.0. The summed E-state index contributed by atoms with van der Waals surface area (Å²) in [6.07, 6.45) is 0.712. The molecule has 0 bridgehead atoms. The van der Waals surface area contributed by atoms with Gasteiger partial charge in [-0.15, -0.1) is 10.2 Å². The smallest absolute Gasteiger partial charge is 0.251 e. The number of fused-ring (bicyclic) bond motifs is 1. The van der Waals surface area contributed by atoms with Crippen molar-refractivity contribution in [2.24, 2.45) is 7.05 Å². The summed E-state index contributed by atoms with van der Waals surface area (Å²) in [6.45, 7) is 3.04. The van der Waals surface area contributed by atoms with Gasteiger partial charge in [-0.2, -0.15) is 0 Å². The van der Waals surface area contributed by atoms with Crippen LogP contribution in [-0.2, 0) is 22.1 Å². The van der Waals surface area contributed by atoms with Gasteiger partial charge in [0, 0.05) is 26.1 Å². The minimum absolute atomic E-state index is 0.434. The molecule has 0 saturated carbocycles. The lowest BCUT2D eigenvalue weighted by Crippen LogP contribution is -2.29. The second-order valence-corrected chi connectivity index (χ2v) is 5.83. The molecule has 1 fully saturated rings. The number of aryl methyl sites for hydroxylation is 2. The van der Waals surface area contributed by atoms with Crippen molar-refractivity contribution in [3.8, 4) is 11.5 Å². The first-order chi connectivity index (χ1) is 11.1. The molecule has 0 amide bonds. The van der Waals surface area contributed by atoms with Crippen molar-refractivity contribution in [3.05, 3.63) is 29.9 Å². The van der Waals surface area contributed by atoms with Crippen LogP contribution in [0.5, 0.6) is 0 Å². The molecule has 1 saturated heterocycles. The van der Waals surface area contributed by atoms with Crippen LogP contribution in [0.15, 0.2) is 22.6 Å². The molecule has 1 aromatic carbocycles. The van der Waals surface area contributed by atoms with Gasteiger partial charge in [0.1, 0.15) is 5.82 Å². The fourth-order valence-electron chi connectivity index (χ4n) is 2.94. The minimum Gasteiger partial charge on any atom is -0.417 e. The lowest BCUT2D eigenvalue weighted by Gasteiger charge is -2.20. The van der Waals surface area contributed by atoms with Gasteiger partial charge in [0.25, 0.3) is 5.89 Å². The van der Waals surface area contributed by atoms with E-state index in [1.807, 2.05) is 36.7 Å². The van der Waals surface area contributed by atoms with E-state index in [4.69, 9.17) is 13.9 Å². The van der Waals surface area contributed by atoms with Crippen LogP contribution in [0.4, 0.5) is 0 Å². The molecular formula is C16H18N4O3. The molecule has 3 aromatic rings. The Morgan fingerprint density at radius 1 is 1.30 bits per heavy atom. The van der Waals surface area contributed by atoms with E-state index in [1.165, 1.54) is 0 Å². The molecule has 2 aromatic heterocycles. The van der Waals surface area contributed by atoms with Crippen molar-refractivity contribution in [2.45, 2.75) is 18.9 Å². The summed E-state index contributed by atoms with van der Waals surface area (Å²) >= 11 is 0. The number of rotatable bonds is 3. The summed E-state index contributed by atoms with van der Waals surface area (Å²) in [5.41, 5.74) is 2.20. The topological polar surface area (TPSA) is 75.2 Å². The van der Waals surface area contributed by atoms with Gasteiger partial charge >= 0.3 is 0 Å². The van der Waals surface area contributed by atoms with Gasteiger partial charge in [0.15, 0.2) is 5.60 Å². The molecule has 0 radical (unpaired) electrons. The molecule has 0 aliphatic carbocycles. The third kappa shape index (κ3) is 2.15. The molecule has 7 nitrogen and oxygen atoms in total. The highest BCUT2D eigenvalue weighted by molar-refractivity contribution is 5.80. The molecule has 3 heterocycles. The number of ether oxygens (including phenoxy) is 2. The normalized spacial score (nSPS) is 21.3. The van der Waals surface area contributed by atoms with Gasteiger partial charge in [0.2, 0.25) is 5.89 Å². The van der Waals surface area contributed by atoms with E-state index >= 15 is 0 Å². The molecule has 120 valence electrons. The Morgan fingerprint density at radius 2 is 2.17 bits per heavy atom. The van der Waals surface area contributed by atoms with Gasteiger partial charge in [-0.3, -0.25) is 0 Å². The Bertz CT molecular complexity index is 861. The molecule has 23 heavy (non-hydrogen) atoms. The van der Waals surface area contributed by atoms with E-state index in [0.717, 1.165) is 22.4 Å². The summed E-state index contributed by atoms with van der Waals surface area (Å²) in [5, 5.41) is 8.35. The Kier molecular flexibility index (Phi) is 3.21. The van der Waals surface area contributed by atoms with Gasteiger partial charge in [-0.05, 0) is 25.1 Å². The first kappa shape index (κ1) is 14.3. The standard InChI is InChI=1S/C16H18N4O3/c1-10-17-12-8-11(4-5-13(12)20(10)2)14-18-19-15(23-14)16(21-3)6-7-22-9-16/h4-5,8H,6-7,9H2,1-3H3. The fraction of sp³-hybridized carbons (Fsp3) is 0.438. The Balaban J connectivity index is 1.74. The maximum atomic E-state index is 5.87. The highest BCUT2D eigenvalue weighted by atomic mass is 16.6. The number of methoxy groups -OCH3 is 1. The van der Waals surface area contributed by atoms with Crippen LogP contribution >= 0.6 is 0 Å². The monoisotopic (exact) mass is 314 g/mol. The zero-order valence-electron chi connectivity index (χ0n) is 13.4. The maximum absolute atomic E-state index is 5.87. The van der Waals surface area contributed by atoms with E-state index in [9.17, 15) is 0 Å². The molecule has 4 rings (SSSR count). The van der Waals surface area contributed by atoms with E-state index in [2.05, 4.69) is 15.2 Å². The first-order valence-electron chi connectivity index (χ1n) is 7.53. The van der Waals surface area contributed by atoms with Crippen LogP contribution in [0.1, 0.15) is 18.1 Å². The lowest BCUT2D eigenvalue weighted by atomic mass is 10.0. The molecule has 7 heteroatoms. The number of hydrogen-bond acceptors (Lipinski definition) is 6. The van der Waals surface area contributed by atoms with E-state index in [1.54, 1.807) is 7.11 Å². The Hall–Kier alpha value is -2.25. The third-order valence-corrected chi connectivity index (χ3v) is 4.54. The average Bonchev–Trinajstić information content (AvgIpc) is 3.28. The summed E-state index contributed by atoms with van der Waals surface area (Å²) in [6, 6.07) is 5.94. The summed E-state index contributed by atoms with van der Waals surface area (Å²) in [4.78, 5) is 4.54. The third-order valence-electron chi connectivity index (χ3n) is 4.54. The van der Waals surface area contributed by atoms with E-state index in [0.29, 0.717) is 31.4 Å². The summed E-state index contributed by atoms with van der Waals surface area (Å²) in [5.74, 6) is 1.89. The highest BCUT2D eigenvalue weighted by Gasteiger charge is 2.42. The molecular weight excluding hydrogens is 296 g/mol. The quantitative estimate of drug-likeness (QED) is 0.737. The van der Waals surface area contributed by atoms with Crippen molar-refractivity contribution in [1.82, 2.24) is 19.7 Å².